The van der Waals surface area contributed by atoms with Crippen LogP contribution in [0.5, 0.6) is 11.5 Å². The van der Waals surface area contributed by atoms with E-state index in [-0.39, 0.29) is 5.57 Å². The molecule has 0 spiro atoms. The minimum absolute atomic E-state index is 0.0462. The van der Waals surface area contributed by atoms with Crippen LogP contribution >= 0.6 is 11.6 Å². The highest BCUT2D eigenvalue weighted by atomic mass is 35.5. The second-order valence-corrected chi connectivity index (χ2v) is 5.64. The fourth-order valence-electron chi connectivity index (χ4n) is 2.24. The summed E-state index contributed by atoms with van der Waals surface area (Å²) in [6, 6.07) is 13.9. The van der Waals surface area contributed by atoms with E-state index in [4.69, 9.17) is 21.1 Å². The Morgan fingerprint density at radius 2 is 1.96 bits per heavy atom. The Labute approximate surface area is 157 Å². The number of hydrogen-bond donors (Lipinski definition) is 1. The van der Waals surface area contributed by atoms with Gasteiger partial charge in [0, 0.05) is 22.3 Å². The lowest BCUT2D eigenvalue weighted by molar-refractivity contribution is -0.112. The van der Waals surface area contributed by atoms with E-state index >= 15 is 0 Å². The first kappa shape index (κ1) is 19.4. The molecule has 2 aromatic carbocycles. The van der Waals surface area contributed by atoms with Gasteiger partial charge < -0.3 is 14.8 Å². The smallest absolute Gasteiger partial charge is 0.266 e. The highest BCUT2D eigenvalue weighted by Gasteiger charge is 2.12. The van der Waals surface area contributed by atoms with Gasteiger partial charge in [-0.05, 0) is 50.3 Å². The van der Waals surface area contributed by atoms with Crippen LogP contribution in [0.3, 0.4) is 0 Å². The average molecular weight is 371 g/mol. The Balaban J connectivity index is 2.29. The standard InChI is InChI=1S/C20H19ClN2O3/c1-3-25-18-9-8-14(19(12-18)26-4-2)10-15(13-22)20(24)23-17-7-5-6-16(21)11-17/h5-12H,3-4H2,1-2H3,(H,23,24)/b15-10+. The molecule has 0 radical (unpaired) electrons. The van der Waals surface area contributed by atoms with Crippen molar-refractivity contribution in [1.82, 2.24) is 0 Å². The number of rotatable bonds is 7. The number of carbonyl (C=O) groups is 1. The molecule has 2 aromatic rings. The van der Waals surface area contributed by atoms with Crippen LogP contribution in [0.25, 0.3) is 6.08 Å². The molecule has 0 saturated carbocycles. The normalized spacial score (nSPS) is 10.8. The van der Waals surface area contributed by atoms with Gasteiger partial charge in [-0.15, -0.1) is 0 Å². The number of nitrogens with zero attached hydrogens (tertiary/aromatic N) is 1. The maximum absolute atomic E-state index is 12.4. The molecule has 0 fully saturated rings. The molecule has 1 amide bonds. The number of carbonyl (C=O) groups excluding carboxylic acids is 1. The molecule has 0 aliphatic heterocycles. The average Bonchev–Trinajstić information content (AvgIpc) is 2.61. The Bertz CT molecular complexity index is 856. The molecule has 2 rings (SSSR count). The van der Waals surface area contributed by atoms with Gasteiger partial charge in [-0.3, -0.25) is 4.79 Å². The fraction of sp³-hybridized carbons (Fsp3) is 0.200. The zero-order valence-electron chi connectivity index (χ0n) is 14.6. The van der Waals surface area contributed by atoms with Crippen LogP contribution in [-0.4, -0.2) is 19.1 Å². The molecule has 0 bridgehead atoms. The predicted octanol–water partition coefficient (Wildman–Crippen LogP) is 4.68. The Morgan fingerprint density at radius 3 is 2.62 bits per heavy atom. The van der Waals surface area contributed by atoms with Crippen molar-refractivity contribution in [3.63, 3.8) is 0 Å². The SMILES string of the molecule is CCOc1ccc(/C=C(\C#N)C(=O)Nc2cccc(Cl)c2)c(OCC)c1. The second kappa shape index (κ2) is 9.50. The largest absolute Gasteiger partial charge is 0.494 e. The summed E-state index contributed by atoms with van der Waals surface area (Å²) in [6.07, 6.45) is 1.49. The van der Waals surface area contributed by atoms with Crippen molar-refractivity contribution in [2.24, 2.45) is 0 Å². The number of benzene rings is 2. The number of hydrogen-bond acceptors (Lipinski definition) is 4. The summed E-state index contributed by atoms with van der Waals surface area (Å²) < 4.78 is 11.1. The zero-order chi connectivity index (χ0) is 18.9. The van der Waals surface area contributed by atoms with Crippen LogP contribution in [-0.2, 0) is 4.79 Å². The number of nitriles is 1. The molecular weight excluding hydrogens is 352 g/mol. The minimum atomic E-state index is -0.522. The highest BCUT2D eigenvalue weighted by Crippen LogP contribution is 2.27. The van der Waals surface area contributed by atoms with Crippen LogP contribution in [0.15, 0.2) is 48.0 Å². The molecule has 0 unspecified atom stereocenters. The molecule has 0 atom stereocenters. The molecule has 0 aliphatic rings. The Hall–Kier alpha value is -2.97. The van der Waals surface area contributed by atoms with Gasteiger partial charge in [0.15, 0.2) is 0 Å². The Kier molecular flexibility index (Phi) is 7.07. The van der Waals surface area contributed by atoms with Gasteiger partial charge in [0.05, 0.1) is 13.2 Å². The molecule has 134 valence electrons. The van der Waals surface area contributed by atoms with Crippen LogP contribution in [0, 0.1) is 11.3 Å². The first-order valence-electron chi connectivity index (χ1n) is 8.15. The second-order valence-electron chi connectivity index (χ2n) is 5.20. The summed E-state index contributed by atoms with van der Waals surface area (Å²) in [5.41, 5.74) is 1.09. The first-order valence-corrected chi connectivity index (χ1v) is 8.53. The number of nitrogens with one attached hydrogen (secondary N) is 1. The quantitative estimate of drug-likeness (QED) is 0.567. The van der Waals surface area contributed by atoms with E-state index in [0.717, 1.165) is 0 Å². The summed E-state index contributed by atoms with van der Waals surface area (Å²) in [6.45, 7) is 4.74. The van der Waals surface area contributed by atoms with Gasteiger partial charge in [-0.1, -0.05) is 17.7 Å². The number of anilines is 1. The van der Waals surface area contributed by atoms with Crippen molar-refractivity contribution < 1.29 is 14.3 Å². The van der Waals surface area contributed by atoms with Crippen molar-refractivity contribution in [2.75, 3.05) is 18.5 Å². The minimum Gasteiger partial charge on any atom is -0.494 e. The molecular formula is C20H19ClN2O3. The van der Waals surface area contributed by atoms with Crippen LogP contribution < -0.4 is 14.8 Å². The molecule has 0 saturated heterocycles. The van der Waals surface area contributed by atoms with Crippen LogP contribution in [0.2, 0.25) is 5.02 Å². The van der Waals surface area contributed by atoms with Crippen LogP contribution in [0.1, 0.15) is 19.4 Å². The molecule has 26 heavy (non-hydrogen) atoms. The molecule has 1 N–H and O–H groups in total. The summed E-state index contributed by atoms with van der Waals surface area (Å²) >= 11 is 5.91. The third-order valence-electron chi connectivity index (χ3n) is 3.34. The number of halogens is 1. The number of amides is 1. The van der Waals surface area contributed by atoms with Crippen molar-refractivity contribution in [3.05, 3.63) is 58.6 Å². The molecule has 5 nitrogen and oxygen atoms in total. The van der Waals surface area contributed by atoms with E-state index in [9.17, 15) is 10.1 Å². The third-order valence-corrected chi connectivity index (χ3v) is 3.58. The van der Waals surface area contributed by atoms with E-state index in [2.05, 4.69) is 5.32 Å². The lowest BCUT2D eigenvalue weighted by atomic mass is 10.1. The summed E-state index contributed by atoms with van der Waals surface area (Å²) in [5, 5.41) is 12.5. The van der Waals surface area contributed by atoms with Gasteiger partial charge in [-0.2, -0.15) is 5.26 Å². The topological polar surface area (TPSA) is 71.3 Å². The van der Waals surface area contributed by atoms with E-state index in [1.54, 1.807) is 42.5 Å². The van der Waals surface area contributed by atoms with E-state index in [1.807, 2.05) is 19.9 Å². The first-order chi connectivity index (χ1) is 12.6. The monoisotopic (exact) mass is 370 g/mol. The Morgan fingerprint density at radius 1 is 1.19 bits per heavy atom. The van der Waals surface area contributed by atoms with Gasteiger partial charge in [0.25, 0.3) is 5.91 Å². The van der Waals surface area contributed by atoms with Gasteiger partial charge >= 0.3 is 0 Å². The van der Waals surface area contributed by atoms with Crippen molar-refractivity contribution >= 4 is 29.3 Å². The van der Waals surface area contributed by atoms with Gasteiger partial charge in [0.2, 0.25) is 0 Å². The lowest BCUT2D eigenvalue weighted by Gasteiger charge is -2.11. The van der Waals surface area contributed by atoms with Crippen LogP contribution in [0.4, 0.5) is 5.69 Å². The van der Waals surface area contributed by atoms with Crippen molar-refractivity contribution in [3.8, 4) is 17.6 Å². The van der Waals surface area contributed by atoms with E-state index in [0.29, 0.717) is 41.0 Å². The predicted molar refractivity (Wildman–Crippen MR) is 102 cm³/mol. The van der Waals surface area contributed by atoms with E-state index < -0.39 is 5.91 Å². The third kappa shape index (κ3) is 5.27. The molecule has 0 aliphatic carbocycles. The summed E-state index contributed by atoms with van der Waals surface area (Å²) in [4.78, 5) is 12.4. The molecule has 6 heteroatoms. The molecule has 0 aromatic heterocycles. The van der Waals surface area contributed by atoms with E-state index in [1.165, 1.54) is 6.08 Å². The fourth-order valence-corrected chi connectivity index (χ4v) is 2.43. The summed E-state index contributed by atoms with van der Waals surface area (Å²) in [7, 11) is 0. The van der Waals surface area contributed by atoms with Gasteiger partial charge in [0.1, 0.15) is 23.1 Å². The van der Waals surface area contributed by atoms with Crippen molar-refractivity contribution in [2.45, 2.75) is 13.8 Å². The highest BCUT2D eigenvalue weighted by molar-refractivity contribution is 6.31. The number of ether oxygens (including phenoxy) is 2. The van der Waals surface area contributed by atoms with Gasteiger partial charge in [-0.25, -0.2) is 0 Å². The maximum atomic E-state index is 12.4. The zero-order valence-corrected chi connectivity index (χ0v) is 15.3. The summed E-state index contributed by atoms with van der Waals surface area (Å²) in [5.74, 6) is 0.683. The maximum Gasteiger partial charge on any atom is 0.266 e. The van der Waals surface area contributed by atoms with Crippen molar-refractivity contribution in [1.29, 1.82) is 5.26 Å². The molecule has 0 heterocycles. The lowest BCUT2D eigenvalue weighted by Crippen LogP contribution is -2.13.